The minimum atomic E-state index is -0.979. The predicted molar refractivity (Wildman–Crippen MR) is 96.9 cm³/mol. The molecule has 144 valence electrons. The Hall–Kier alpha value is -2.41. The Morgan fingerprint density at radius 3 is 2.67 bits per heavy atom. The maximum Gasteiger partial charge on any atom is 0.323 e. The summed E-state index contributed by atoms with van der Waals surface area (Å²) in [6, 6.07) is 5.46. The molecule has 0 aromatic heterocycles. The number of ketones is 1. The largest absolute Gasteiger partial charge is 0.493 e. The van der Waals surface area contributed by atoms with E-state index in [1.54, 1.807) is 0 Å². The molecule has 7 nitrogen and oxygen atoms in total. The summed E-state index contributed by atoms with van der Waals surface area (Å²) in [5, 5.41) is 8.90. The highest BCUT2D eigenvalue weighted by atomic mass is 16.5. The van der Waals surface area contributed by atoms with E-state index >= 15 is 0 Å². The molecule has 1 amide bonds. The number of fused-ring (bicyclic) bond motifs is 1. The van der Waals surface area contributed by atoms with Gasteiger partial charge in [-0.2, -0.15) is 0 Å². The maximum absolute atomic E-state index is 12.9. The average molecular weight is 372 g/mol. The third-order valence-electron chi connectivity index (χ3n) is 5.91. The maximum atomic E-state index is 12.9. The van der Waals surface area contributed by atoms with Crippen molar-refractivity contribution >= 4 is 17.7 Å². The summed E-state index contributed by atoms with van der Waals surface area (Å²) in [6.45, 7) is 2.33. The van der Waals surface area contributed by atoms with Crippen LogP contribution in [0.25, 0.3) is 0 Å². The standard InChI is InChI=1S/C20H24N2O5/c23-18(24)12-22-9-5-16(20(22)26)21-7-3-13(4-8-21)19(25)15-1-2-17-14(11-15)6-10-27-17/h1-2,11,13,16H,3-10,12H2,(H,23,24). The Morgan fingerprint density at radius 2 is 1.93 bits per heavy atom. The number of piperidine rings is 1. The van der Waals surface area contributed by atoms with Crippen molar-refractivity contribution in [2.24, 2.45) is 5.92 Å². The molecule has 2 fully saturated rings. The molecule has 3 aliphatic rings. The first-order chi connectivity index (χ1) is 13.0. The van der Waals surface area contributed by atoms with Gasteiger partial charge in [-0.1, -0.05) is 0 Å². The quantitative estimate of drug-likeness (QED) is 0.782. The van der Waals surface area contributed by atoms with Gasteiger partial charge in [0.1, 0.15) is 12.3 Å². The molecule has 1 unspecified atom stereocenters. The molecule has 2 saturated heterocycles. The second-order valence-corrected chi connectivity index (χ2v) is 7.55. The highest BCUT2D eigenvalue weighted by Gasteiger charge is 2.39. The molecule has 1 atom stereocenters. The molecular weight excluding hydrogens is 348 g/mol. The molecule has 0 radical (unpaired) electrons. The van der Waals surface area contributed by atoms with Crippen LogP contribution in [0.15, 0.2) is 18.2 Å². The van der Waals surface area contributed by atoms with Crippen molar-refractivity contribution in [2.75, 3.05) is 32.8 Å². The number of carbonyl (C=O) groups is 3. The molecule has 3 heterocycles. The van der Waals surface area contributed by atoms with Crippen molar-refractivity contribution in [3.63, 3.8) is 0 Å². The molecule has 0 aliphatic carbocycles. The van der Waals surface area contributed by atoms with Crippen LogP contribution in [-0.4, -0.2) is 71.4 Å². The van der Waals surface area contributed by atoms with Gasteiger partial charge in [0, 0.05) is 24.4 Å². The number of rotatable bonds is 5. The van der Waals surface area contributed by atoms with Gasteiger partial charge in [0.25, 0.3) is 0 Å². The average Bonchev–Trinajstić information content (AvgIpc) is 3.27. The Morgan fingerprint density at radius 1 is 1.15 bits per heavy atom. The molecule has 0 saturated carbocycles. The van der Waals surface area contributed by atoms with Gasteiger partial charge in [-0.15, -0.1) is 0 Å². The summed E-state index contributed by atoms with van der Waals surface area (Å²) >= 11 is 0. The number of benzene rings is 1. The monoisotopic (exact) mass is 372 g/mol. The van der Waals surface area contributed by atoms with Gasteiger partial charge in [-0.25, -0.2) is 0 Å². The molecule has 3 aliphatic heterocycles. The van der Waals surface area contributed by atoms with E-state index in [9.17, 15) is 14.4 Å². The van der Waals surface area contributed by atoms with E-state index in [0.29, 0.717) is 32.7 Å². The van der Waals surface area contributed by atoms with E-state index in [0.717, 1.165) is 36.1 Å². The van der Waals surface area contributed by atoms with E-state index in [-0.39, 0.29) is 30.2 Å². The highest BCUT2D eigenvalue weighted by Crippen LogP contribution is 2.30. The van der Waals surface area contributed by atoms with Crippen molar-refractivity contribution in [3.05, 3.63) is 29.3 Å². The van der Waals surface area contributed by atoms with E-state index in [2.05, 4.69) is 4.90 Å². The van der Waals surface area contributed by atoms with Gasteiger partial charge in [-0.05, 0) is 56.1 Å². The first-order valence-electron chi connectivity index (χ1n) is 9.57. The Kier molecular flexibility index (Phi) is 4.86. The summed E-state index contributed by atoms with van der Waals surface area (Å²) in [7, 11) is 0. The minimum Gasteiger partial charge on any atom is -0.493 e. The van der Waals surface area contributed by atoms with Crippen LogP contribution in [0.1, 0.15) is 35.2 Å². The van der Waals surface area contributed by atoms with Crippen molar-refractivity contribution in [2.45, 2.75) is 31.7 Å². The van der Waals surface area contributed by atoms with Gasteiger partial charge in [-0.3, -0.25) is 19.3 Å². The van der Waals surface area contributed by atoms with Gasteiger partial charge < -0.3 is 14.7 Å². The van der Waals surface area contributed by atoms with E-state index < -0.39 is 5.97 Å². The summed E-state index contributed by atoms with van der Waals surface area (Å²) in [5.41, 5.74) is 1.86. The number of hydrogen-bond acceptors (Lipinski definition) is 5. The summed E-state index contributed by atoms with van der Waals surface area (Å²) in [6.07, 6.45) is 2.98. The molecular formula is C20H24N2O5. The lowest BCUT2D eigenvalue weighted by atomic mass is 9.87. The van der Waals surface area contributed by atoms with Crippen LogP contribution in [0, 0.1) is 5.92 Å². The molecule has 1 N–H and O–H groups in total. The number of carbonyl (C=O) groups excluding carboxylic acids is 2. The number of carboxylic acid groups (broad SMARTS) is 1. The molecule has 0 spiro atoms. The number of carboxylic acids is 1. The van der Waals surface area contributed by atoms with Crippen LogP contribution < -0.4 is 4.74 Å². The summed E-state index contributed by atoms with van der Waals surface area (Å²) in [5.74, 6) is -0.0382. The lowest BCUT2D eigenvalue weighted by Gasteiger charge is -2.34. The molecule has 0 bridgehead atoms. The van der Waals surface area contributed by atoms with E-state index in [1.807, 2.05) is 18.2 Å². The number of aliphatic carboxylic acids is 1. The first kappa shape index (κ1) is 18.0. The smallest absolute Gasteiger partial charge is 0.323 e. The zero-order chi connectivity index (χ0) is 19.0. The Balaban J connectivity index is 1.34. The van der Waals surface area contributed by atoms with Crippen molar-refractivity contribution < 1.29 is 24.2 Å². The number of likely N-dealkylation sites (tertiary alicyclic amines) is 2. The fourth-order valence-corrected chi connectivity index (χ4v) is 4.43. The first-order valence-corrected chi connectivity index (χ1v) is 9.57. The number of Topliss-reactive ketones (excluding diaryl/α,β-unsaturated/α-hetero) is 1. The van der Waals surface area contributed by atoms with Gasteiger partial charge in [0.2, 0.25) is 5.91 Å². The summed E-state index contributed by atoms with van der Waals surface area (Å²) < 4.78 is 5.50. The van der Waals surface area contributed by atoms with Crippen LogP contribution in [0.3, 0.4) is 0 Å². The van der Waals surface area contributed by atoms with Crippen molar-refractivity contribution in [1.29, 1.82) is 0 Å². The van der Waals surface area contributed by atoms with Crippen LogP contribution in [0.2, 0.25) is 0 Å². The molecule has 1 aromatic rings. The van der Waals surface area contributed by atoms with Crippen LogP contribution in [0.4, 0.5) is 0 Å². The number of nitrogens with zero attached hydrogens (tertiary/aromatic N) is 2. The Bertz CT molecular complexity index is 770. The lowest BCUT2D eigenvalue weighted by molar-refractivity contribution is -0.144. The molecule has 7 heteroatoms. The normalized spacial score (nSPS) is 23.3. The third kappa shape index (κ3) is 3.56. The summed E-state index contributed by atoms with van der Waals surface area (Å²) in [4.78, 5) is 39.7. The third-order valence-corrected chi connectivity index (χ3v) is 5.91. The van der Waals surface area contributed by atoms with Crippen molar-refractivity contribution in [1.82, 2.24) is 9.80 Å². The number of hydrogen-bond donors (Lipinski definition) is 1. The van der Waals surface area contributed by atoms with Crippen molar-refractivity contribution in [3.8, 4) is 5.75 Å². The topological polar surface area (TPSA) is 87.2 Å². The number of amides is 1. The second-order valence-electron chi connectivity index (χ2n) is 7.55. The fraction of sp³-hybridized carbons (Fsp3) is 0.550. The van der Waals surface area contributed by atoms with Gasteiger partial charge in [0.15, 0.2) is 5.78 Å². The van der Waals surface area contributed by atoms with E-state index in [1.165, 1.54) is 4.90 Å². The fourth-order valence-electron chi connectivity index (χ4n) is 4.43. The van der Waals surface area contributed by atoms with Gasteiger partial charge >= 0.3 is 5.97 Å². The second kappa shape index (κ2) is 7.31. The SMILES string of the molecule is O=C(O)CN1CCC(N2CCC(C(=O)c3ccc4c(c3)CCO4)CC2)C1=O. The van der Waals surface area contributed by atoms with Crippen LogP contribution in [0.5, 0.6) is 5.75 Å². The molecule has 1 aromatic carbocycles. The minimum absolute atomic E-state index is 0.0201. The highest BCUT2D eigenvalue weighted by molar-refractivity contribution is 5.98. The lowest BCUT2D eigenvalue weighted by Crippen LogP contribution is -2.47. The van der Waals surface area contributed by atoms with Gasteiger partial charge in [0.05, 0.1) is 12.6 Å². The predicted octanol–water partition coefficient (Wildman–Crippen LogP) is 1.20. The van der Waals surface area contributed by atoms with Crippen LogP contribution >= 0.6 is 0 Å². The van der Waals surface area contributed by atoms with E-state index in [4.69, 9.17) is 9.84 Å². The molecule has 27 heavy (non-hydrogen) atoms. The zero-order valence-electron chi connectivity index (χ0n) is 15.2. The number of ether oxygens (including phenoxy) is 1. The Labute approximate surface area is 157 Å². The molecule has 4 rings (SSSR count). The zero-order valence-corrected chi connectivity index (χ0v) is 15.2. The van der Waals surface area contributed by atoms with Crippen LogP contribution in [-0.2, 0) is 16.0 Å².